The van der Waals surface area contributed by atoms with Gasteiger partial charge in [0, 0.05) is 12.5 Å². The molecule has 108 valence electrons. The van der Waals surface area contributed by atoms with E-state index in [-0.39, 0.29) is 23.4 Å². The fourth-order valence-corrected chi connectivity index (χ4v) is 1.55. The maximum absolute atomic E-state index is 11.6. The molecule has 0 heterocycles. The molecule has 0 radical (unpaired) electrons. The number of carbonyl (C=O) groups is 3. The van der Waals surface area contributed by atoms with Crippen LogP contribution in [-0.4, -0.2) is 34.2 Å². The molecule has 0 saturated carbocycles. The molecule has 0 spiro atoms. The van der Waals surface area contributed by atoms with Crippen LogP contribution in [0.25, 0.3) is 0 Å². The largest absolute Gasteiger partial charge is 0.508 e. The quantitative estimate of drug-likeness (QED) is 0.499. The summed E-state index contributed by atoms with van der Waals surface area (Å²) >= 11 is 0. The summed E-state index contributed by atoms with van der Waals surface area (Å²) in [7, 11) is 0. The third-order valence-electron chi connectivity index (χ3n) is 2.37. The zero-order chi connectivity index (χ0) is 15.3. The van der Waals surface area contributed by atoms with Crippen molar-refractivity contribution in [3.8, 4) is 5.75 Å². The molecule has 6 N–H and O–H groups in total. The Morgan fingerprint density at radius 2 is 2.00 bits per heavy atom. The number of aromatic carboxylic acids is 1. The van der Waals surface area contributed by atoms with E-state index in [2.05, 4.69) is 10.6 Å². The second kappa shape index (κ2) is 6.41. The van der Waals surface area contributed by atoms with Gasteiger partial charge in [-0.3, -0.25) is 4.79 Å². The Kier molecular flexibility index (Phi) is 4.90. The molecule has 0 aliphatic heterocycles. The van der Waals surface area contributed by atoms with Crippen molar-refractivity contribution < 1.29 is 24.6 Å². The minimum Gasteiger partial charge on any atom is -0.508 e. The van der Waals surface area contributed by atoms with Gasteiger partial charge in [0.25, 0.3) is 0 Å². The Bertz CT molecular complexity index is 544. The summed E-state index contributed by atoms with van der Waals surface area (Å²) in [6, 6.07) is 2.36. The number of nitrogens with two attached hydrogens (primary N) is 1. The average Bonchev–Trinajstić information content (AvgIpc) is 2.29. The van der Waals surface area contributed by atoms with Crippen LogP contribution in [0, 0.1) is 0 Å². The topological polar surface area (TPSA) is 142 Å². The number of aromatic hydroxyl groups is 1. The smallest absolute Gasteiger partial charge is 0.337 e. The number of rotatable bonds is 5. The summed E-state index contributed by atoms with van der Waals surface area (Å²) in [6.07, 6.45) is -0.0330. The fraction of sp³-hybridized carbons (Fsp3) is 0.250. The van der Waals surface area contributed by atoms with E-state index in [1.165, 1.54) is 12.1 Å². The lowest BCUT2D eigenvalue weighted by molar-refractivity contribution is -0.118. The minimum absolute atomic E-state index is 0.0269. The first-order valence-electron chi connectivity index (χ1n) is 5.71. The zero-order valence-electron chi connectivity index (χ0n) is 10.7. The van der Waals surface area contributed by atoms with Gasteiger partial charge in [0.1, 0.15) is 5.75 Å². The summed E-state index contributed by atoms with van der Waals surface area (Å²) in [5, 5.41) is 22.9. The van der Waals surface area contributed by atoms with Crippen molar-refractivity contribution in [2.45, 2.75) is 19.4 Å². The lowest BCUT2D eigenvalue weighted by Gasteiger charge is -2.14. The number of phenols is 1. The van der Waals surface area contributed by atoms with Crippen molar-refractivity contribution in [1.82, 2.24) is 5.32 Å². The van der Waals surface area contributed by atoms with E-state index in [1.807, 2.05) is 0 Å². The molecule has 0 saturated heterocycles. The van der Waals surface area contributed by atoms with Gasteiger partial charge in [-0.25, -0.2) is 9.59 Å². The third kappa shape index (κ3) is 4.48. The molecule has 20 heavy (non-hydrogen) atoms. The number of carboxylic acids is 1. The highest BCUT2D eigenvalue weighted by Crippen LogP contribution is 2.21. The van der Waals surface area contributed by atoms with Crippen LogP contribution in [0.4, 0.5) is 10.5 Å². The number of nitrogens with one attached hydrogen (secondary N) is 2. The predicted octanol–water partition coefficient (Wildman–Crippen LogP) is 0.476. The van der Waals surface area contributed by atoms with Gasteiger partial charge in [-0.1, -0.05) is 0 Å². The highest BCUT2D eigenvalue weighted by Gasteiger charge is 2.15. The lowest BCUT2D eigenvalue weighted by Crippen LogP contribution is -2.38. The number of hydrogen-bond acceptors (Lipinski definition) is 4. The Labute approximate surface area is 114 Å². The van der Waals surface area contributed by atoms with Gasteiger partial charge in [0.15, 0.2) is 0 Å². The summed E-state index contributed by atoms with van der Waals surface area (Å²) < 4.78 is 0. The van der Waals surface area contributed by atoms with Crippen LogP contribution in [-0.2, 0) is 4.79 Å². The predicted molar refractivity (Wildman–Crippen MR) is 70.5 cm³/mol. The monoisotopic (exact) mass is 281 g/mol. The molecular formula is C12H15N3O5. The van der Waals surface area contributed by atoms with Crippen LogP contribution in [0.2, 0.25) is 0 Å². The SMILES string of the molecule is CC(CC(N)=O)NC(=O)Nc1ccc(O)cc1C(=O)O. The lowest BCUT2D eigenvalue weighted by atomic mass is 10.1. The maximum Gasteiger partial charge on any atom is 0.337 e. The molecule has 0 bridgehead atoms. The standard InChI is InChI=1S/C12H15N3O5/c1-6(4-10(13)17)14-12(20)15-9-3-2-7(16)5-8(9)11(18)19/h2-3,5-6,16H,4H2,1H3,(H2,13,17)(H,18,19)(H2,14,15,20). The molecule has 1 atom stereocenters. The van der Waals surface area contributed by atoms with Crippen molar-refractivity contribution in [2.75, 3.05) is 5.32 Å². The van der Waals surface area contributed by atoms with E-state index in [9.17, 15) is 19.5 Å². The number of carboxylic acid groups (broad SMARTS) is 1. The normalized spacial score (nSPS) is 11.4. The average molecular weight is 281 g/mol. The number of phenolic OH excluding ortho intramolecular Hbond substituents is 1. The van der Waals surface area contributed by atoms with Gasteiger partial charge in [-0.15, -0.1) is 0 Å². The molecular weight excluding hydrogens is 266 g/mol. The Morgan fingerprint density at radius 1 is 1.35 bits per heavy atom. The summed E-state index contributed by atoms with van der Waals surface area (Å²) in [5.74, 6) is -2.08. The fourth-order valence-electron chi connectivity index (χ4n) is 1.55. The van der Waals surface area contributed by atoms with Crippen molar-refractivity contribution in [1.29, 1.82) is 0 Å². The van der Waals surface area contributed by atoms with Gasteiger partial charge in [0.2, 0.25) is 5.91 Å². The molecule has 8 heteroatoms. The molecule has 8 nitrogen and oxygen atoms in total. The van der Waals surface area contributed by atoms with E-state index >= 15 is 0 Å². The Hall–Kier alpha value is -2.77. The van der Waals surface area contributed by atoms with E-state index < -0.39 is 23.9 Å². The third-order valence-corrected chi connectivity index (χ3v) is 2.37. The van der Waals surface area contributed by atoms with Crippen molar-refractivity contribution in [2.24, 2.45) is 5.73 Å². The van der Waals surface area contributed by atoms with Gasteiger partial charge < -0.3 is 26.6 Å². The molecule has 0 aromatic heterocycles. The molecule has 3 amide bonds. The van der Waals surface area contributed by atoms with Crippen LogP contribution < -0.4 is 16.4 Å². The van der Waals surface area contributed by atoms with E-state index in [0.717, 1.165) is 6.07 Å². The van der Waals surface area contributed by atoms with Crippen LogP contribution in [0.5, 0.6) is 5.75 Å². The maximum atomic E-state index is 11.6. The van der Waals surface area contributed by atoms with Crippen LogP contribution in [0.15, 0.2) is 18.2 Å². The first kappa shape index (κ1) is 15.3. The molecule has 0 aliphatic rings. The summed E-state index contributed by atoms with van der Waals surface area (Å²) in [4.78, 5) is 33.3. The first-order chi connectivity index (χ1) is 9.29. The van der Waals surface area contributed by atoms with Crippen LogP contribution in [0.3, 0.4) is 0 Å². The van der Waals surface area contributed by atoms with Gasteiger partial charge in [-0.05, 0) is 25.1 Å². The van der Waals surface area contributed by atoms with Gasteiger partial charge in [0.05, 0.1) is 11.3 Å². The highest BCUT2D eigenvalue weighted by molar-refractivity contribution is 6.00. The zero-order valence-corrected chi connectivity index (χ0v) is 10.7. The summed E-state index contributed by atoms with van der Waals surface area (Å²) in [6.45, 7) is 1.58. The Balaban J connectivity index is 2.76. The number of benzene rings is 1. The van der Waals surface area contributed by atoms with E-state index in [0.29, 0.717) is 0 Å². The number of hydrogen-bond donors (Lipinski definition) is 5. The van der Waals surface area contributed by atoms with Crippen molar-refractivity contribution >= 4 is 23.6 Å². The molecule has 1 aromatic carbocycles. The number of anilines is 1. The van der Waals surface area contributed by atoms with Gasteiger partial charge >= 0.3 is 12.0 Å². The first-order valence-corrected chi connectivity index (χ1v) is 5.71. The van der Waals surface area contributed by atoms with E-state index in [4.69, 9.17) is 10.8 Å². The van der Waals surface area contributed by atoms with Crippen LogP contribution >= 0.6 is 0 Å². The number of carbonyl (C=O) groups excluding carboxylic acids is 2. The van der Waals surface area contributed by atoms with Crippen LogP contribution in [0.1, 0.15) is 23.7 Å². The number of amides is 3. The highest BCUT2D eigenvalue weighted by atomic mass is 16.4. The summed E-state index contributed by atoms with van der Waals surface area (Å²) in [5.41, 5.74) is 4.77. The number of urea groups is 1. The second-order valence-electron chi connectivity index (χ2n) is 4.20. The number of primary amides is 1. The minimum atomic E-state index is -1.29. The van der Waals surface area contributed by atoms with Crippen molar-refractivity contribution in [3.63, 3.8) is 0 Å². The van der Waals surface area contributed by atoms with Gasteiger partial charge in [-0.2, -0.15) is 0 Å². The second-order valence-corrected chi connectivity index (χ2v) is 4.20. The molecule has 1 rings (SSSR count). The van der Waals surface area contributed by atoms with E-state index in [1.54, 1.807) is 6.92 Å². The molecule has 0 aliphatic carbocycles. The molecule has 1 aromatic rings. The molecule has 1 unspecified atom stereocenters. The molecule has 0 fully saturated rings. The van der Waals surface area contributed by atoms with Crippen molar-refractivity contribution in [3.05, 3.63) is 23.8 Å². The Morgan fingerprint density at radius 3 is 2.55 bits per heavy atom.